The van der Waals surface area contributed by atoms with Crippen LogP contribution in [-0.4, -0.2) is 21.5 Å². The quantitative estimate of drug-likeness (QED) is 0.685. The second-order valence-corrected chi connectivity index (χ2v) is 5.69. The number of hydrogen-bond donors (Lipinski definition) is 1. The second-order valence-electron chi connectivity index (χ2n) is 4.13. The van der Waals surface area contributed by atoms with Gasteiger partial charge in [0.05, 0.1) is 12.0 Å². The molecule has 0 radical (unpaired) electrons. The molecular weight excluding hydrogens is 294 g/mol. The Morgan fingerprint density at radius 3 is 2.43 bits per heavy atom. The topological polar surface area (TPSA) is 99.6 Å². The van der Waals surface area contributed by atoms with Crippen molar-refractivity contribution in [1.29, 1.82) is 0 Å². The van der Waals surface area contributed by atoms with E-state index in [2.05, 4.69) is 4.74 Å². The number of carbonyl (C=O) groups excluding carboxylic acids is 1. The van der Waals surface area contributed by atoms with E-state index in [1.54, 1.807) is 24.3 Å². The highest BCUT2D eigenvalue weighted by atomic mass is 32.2. The molecular formula is C14H13NO5S. The Kier molecular flexibility index (Phi) is 4.25. The Labute approximate surface area is 121 Å². The predicted molar refractivity (Wildman–Crippen MR) is 76.6 cm³/mol. The summed E-state index contributed by atoms with van der Waals surface area (Å²) in [5.41, 5.74) is 0.695. The number of ether oxygens (including phenoxy) is 1. The number of methoxy groups -OCH3 is 1. The average Bonchev–Trinajstić information content (AvgIpc) is 2.93. The van der Waals surface area contributed by atoms with Crippen LogP contribution in [0.2, 0.25) is 0 Å². The molecule has 0 aliphatic carbocycles. The third-order valence-electron chi connectivity index (χ3n) is 2.68. The van der Waals surface area contributed by atoms with Gasteiger partial charge in [-0.15, -0.1) is 0 Å². The van der Waals surface area contributed by atoms with E-state index in [0.29, 0.717) is 17.1 Å². The lowest BCUT2D eigenvalue weighted by Crippen LogP contribution is -2.11. The fourth-order valence-corrected chi connectivity index (χ4v) is 2.14. The highest BCUT2D eigenvalue weighted by Crippen LogP contribution is 2.24. The van der Waals surface area contributed by atoms with Crippen LogP contribution >= 0.6 is 0 Å². The molecule has 1 aromatic carbocycles. The van der Waals surface area contributed by atoms with E-state index in [1.807, 2.05) is 0 Å². The van der Waals surface area contributed by atoms with Crippen molar-refractivity contribution >= 4 is 22.1 Å². The van der Waals surface area contributed by atoms with Crippen LogP contribution in [0.5, 0.6) is 0 Å². The first-order valence-corrected chi connectivity index (χ1v) is 7.44. The molecule has 0 atom stereocenters. The minimum absolute atomic E-state index is 0.0311. The van der Waals surface area contributed by atoms with Crippen molar-refractivity contribution in [3.8, 4) is 11.3 Å². The van der Waals surface area contributed by atoms with Gasteiger partial charge in [-0.3, -0.25) is 0 Å². The van der Waals surface area contributed by atoms with Crippen LogP contribution in [0.1, 0.15) is 5.76 Å². The first-order chi connectivity index (χ1) is 9.90. The summed E-state index contributed by atoms with van der Waals surface area (Å²) in [6.07, 6.45) is 2.72. The lowest BCUT2D eigenvalue weighted by molar-refractivity contribution is -0.134. The molecule has 110 valence electrons. The summed E-state index contributed by atoms with van der Waals surface area (Å²) in [6.45, 7) is 0. The standard InChI is InChI=1S/C14H13NO5S/c1-19-14(16)9-5-11-4-8-13(20-11)10-2-6-12(7-3-10)21(15,17)18/h2-9H,1H3,(H2,15,17,18)/b9-5+. The monoisotopic (exact) mass is 307 g/mol. The molecule has 7 heteroatoms. The van der Waals surface area contributed by atoms with Gasteiger partial charge in [0.1, 0.15) is 11.5 Å². The van der Waals surface area contributed by atoms with Crippen molar-refractivity contribution in [1.82, 2.24) is 0 Å². The summed E-state index contributed by atoms with van der Waals surface area (Å²) in [6, 6.07) is 9.37. The molecule has 21 heavy (non-hydrogen) atoms. The van der Waals surface area contributed by atoms with Crippen LogP contribution < -0.4 is 5.14 Å². The van der Waals surface area contributed by atoms with Crippen LogP contribution in [0.25, 0.3) is 17.4 Å². The summed E-state index contributed by atoms with van der Waals surface area (Å²) in [5.74, 6) is 0.539. The van der Waals surface area contributed by atoms with E-state index in [-0.39, 0.29) is 4.90 Å². The Morgan fingerprint density at radius 2 is 1.86 bits per heavy atom. The molecule has 0 aliphatic rings. The molecule has 0 spiro atoms. The number of nitrogens with two attached hydrogens (primary N) is 1. The molecule has 2 aromatic rings. The maximum Gasteiger partial charge on any atom is 0.330 e. The van der Waals surface area contributed by atoms with Gasteiger partial charge >= 0.3 is 5.97 Å². The van der Waals surface area contributed by atoms with Crippen molar-refractivity contribution in [2.45, 2.75) is 4.90 Å². The fourth-order valence-electron chi connectivity index (χ4n) is 1.62. The first kappa shape index (κ1) is 15.0. The first-order valence-electron chi connectivity index (χ1n) is 5.89. The molecule has 0 amide bonds. The van der Waals surface area contributed by atoms with Gasteiger partial charge in [0.2, 0.25) is 10.0 Å². The van der Waals surface area contributed by atoms with Crippen molar-refractivity contribution in [3.05, 3.63) is 48.2 Å². The van der Waals surface area contributed by atoms with E-state index >= 15 is 0 Å². The highest BCUT2D eigenvalue weighted by molar-refractivity contribution is 7.89. The van der Waals surface area contributed by atoms with Gasteiger partial charge in [0, 0.05) is 11.6 Å². The van der Waals surface area contributed by atoms with Gasteiger partial charge in [-0.2, -0.15) is 0 Å². The summed E-state index contributed by atoms with van der Waals surface area (Å²) < 4.78 is 32.3. The SMILES string of the molecule is COC(=O)/C=C/c1ccc(-c2ccc(S(N)(=O)=O)cc2)o1. The van der Waals surface area contributed by atoms with Gasteiger partial charge in [-0.25, -0.2) is 18.4 Å². The smallest absolute Gasteiger partial charge is 0.330 e. The zero-order valence-corrected chi connectivity index (χ0v) is 12.0. The largest absolute Gasteiger partial charge is 0.466 e. The molecule has 0 bridgehead atoms. The third kappa shape index (κ3) is 3.80. The zero-order chi connectivity index (χ0) is 15.5. The number of hydrogen-bond acceptors (Lipinski definition) is 5. The number of sulfonamides is 1. The number of rotatable bonds is 4. The van der Waals surface area contributed by atoms with Crippen molar-refractivity contribution < 1.29 is 22.4 Å². The van der Waals surface area contributed by atoms with E-state index < -0.39 is 16.0 Å². The number of esters is 1. The van der Waals surface area contributed by atoms with Crippen LogP contribution in [0.4, 0.5) is 0 Å². The second kappa shape index (κ2) is 5.94. The lowest BCUT2D eigenvalue weighted by Gasteiger charge is -2.00. The minimum atomic E-state index is -3.71. The van der Waals surface area contributed by atoms with Crippen LogP contribution in [0.15, 0.2) is 51.8 Å². The number of primary sulfonamides is 1. The predicted octanol–water partition coefficient (Wildman–Crippen LogP) is 1.78. The fraction of sp³-hybridized carbons (Fsp3) is 0.0714. The van der Waals surface area contributed by atoms with E-state index in [9.17, 15) is 13.2 Å². The molecule has 0 fully saturated rings. The van der Waals surface area contributed by atoms with Gasteiger partial charge in [0.25, 0.3) is 0 Å². The summed E-state index contributed by atoms with van der Waals surface area (Å²) in [4.78, 5) is 11.0. The van der Waals surface area contributed by atoms with Gasteiger partial charge in [0.15, 0.2) is 0 Å². The molecule has 0 saturated heterocycles. The lowest BCUT2D eigenvalue weighted by atomic mass is 10.2. The molecule has 0 aliphatic heterocycles. The number of furan rings is 1. The molecule has 2 rings (SSSR count). The van der Waals surface area contributed by atoms with Crippen molar-refractivity contribution in [2.24, 2.45) is 5.14 Å². The van der Waals surface area contributed by atoms with Crippen molar-refractivity contribution in [2.75, 3.05) is 7.11 Å². The van der Waals surface area contributed by atoms with Crippen LogP contribution in [0, 0.1) is 0 Å². The Hall–Kier alpha value is -2.38. The summed E-state index contributed by atoms with van der Waals surface area (Å²) >= 11 is 0. The number of benzene rings is 1. The molecule has 2 N–H and O–H groups in total. The zero-order valence-electron chi connectivity index (χ0n) is 11.1. The maximum atomic E-state index is 11.2. The van der Waals surface area contributed by atoms with Gasteiger partial charge in [-0.05, 0) is 42.5 Å². The normalized spacial score (nSPS) is 11.7. The average molecular weight is 307 g/mol. The number of carbonyl (C=O) groups is 1. The Balaban J connectivity index is 2.22. The Morgan fingerprint density at radius 1 is 1.19 bits per heavy atom. The van der Waals surface area contributed by atoms with Gasteiger partial charge < -0.3 is 9.15 Å². The van der Waals surface area contributed by atoms with Gasteiger partial charge in [-0.1, -0.05) is 0 Å². The Bertz CT molecular complexity index is 772. The highest BCUT2D eigenvalue weighted by Gasteiger charge is 2.09. The van der Waals surface area contributed by atoms with Crippen molar-refractivity contribution in [3.63, 3.8) is 0 Å². The molecule has 6 nitrogen and oxygen atoms in total. The van der Waals surface area contributed by atoms with E-state index in [1.165, 1.54) is 31.4 Å². The van der Waals surface area contributed by atoms with Crippen LogP contribution in [0.3, 0.4) is 0 Å². The van der Waals surface area contributed by atoms with E-state index in [0.717, 1.165) is 0 Å². The van der Waals surface area contributed by atoms with E-state index in [4.69, 9.17) is 9.56 Å². The third-order valence-corrected chi connectivity index (χ3v) is 3.61. The summed E-state index contributed by atoms with van der Waals surface area (Å²) in [7, 11) is -2.43. The summed E-state index contributed by atoms with van der Waals surface area (Å²) in [5, 5.41) is 5.03. The maximum absolute atomic E-state index is 11.2. The molecule has 1 heterocycles. The van der Waals surface area contributed by atoms with Crippen LogP contribution in [-0.2, 0) is 19.6 Å². The molecule has 0 unspecified atom stereocenters. The molecule has 1 aromatic heterocycles. The minimum Gasteiger partial charge on any atom is -0.466 e. The molecule has 0 saturated carbocycles.